The van der Waals surface area contributed by atoms with Crippen molar-refractivity contribution in [1.29, 1.82) is 0 Å². The normalized spacial score (nSPS) is 12.2. The standard InChI is InChI=1S/C10H13ClN2O3/c1-6(5-14)13(2)9-8(11)3-7(4-12-9)10(15)16/h3-4,6,14H,5H2,1-2H3,(H,15,16). The van der Waals surface area contributed by atoms with E-state index in [-0.39, 0.29) is 23.2 Å². The average Bonchev–Trinajstić information content (AvgIpc) is 2.26. The summed E-state index contributed by atoms with van der Waals surface area (Å²) in [7, 11) is 1.73. The molecule has 1 unspecified atom stereocenters. The van der Waals surface area contributed by atoms with Gasteiger partial charge >= 0.3 is 5.97 Å². The van der Waals surface area contributed by atoms with Gasteiger partial charge in [0.15, 0.2) is 0 Å². The Morgan fingerprint density at radius 2 is 2.31 bits per heavy atom. The molecule has 1 aromatic heterocycles. The minimum atomic E-state index is -1.07. The summed E-state index contributed by atoms with van der Waals surface area (Å²) in [5.41, 5.74) is 0.0406. The van der Waals surface area contributed by atoms with Crippen molar-refractivity contribution >= 4 is 23.4 Å². The van der Waals surface area contributed by atoms with E-state index in [2.05, 4.69) is 4.98 Å². The molecule has 6 heteroatoms. The molecule has 1 heterocycles. The molecule has 88 valence electrons. The number of aliphatic hydroxyl groups excluding tert-OH is 1. The molecule has 0 bridgehead atoms. The Labute approximate surface area is 98.3 Å². The number of carboxylic acid groups (broad SMARTS) is 1. The number of likely N-dealkylation sites (N-methyl/N-ethyl adjacent to an activating group) is 1. The summed E-state index contributed by atoms with van der Waals surface area (Å²) >= 11 is 5.92. The number of aliphatic hydroxyl groups is 1. The number of rotatable bonds is 4. The van der Waals surface area contributed by atoms with Crippen LogP contribution < -0.4 is 4.90 Å². The largest absolute Gasteiger partial charge is 0.478 e. The molecule has 0 aromatic carbocycles. The van der Waals surface area contributed by atoms with Gasteiger partial charge in [-0.2, -0.15) is 0 Å². The van der Waals surface area contributed by atoms with Crippen LogP contribution in [0.25, 0.3) is 0 Å². The lowest BCUT2D eigenvalue weighted by molar-refractivity contribution is 0.0696. The Morgan fingerprint density at radius 1 is 1.69 bits per heavy atom. The first-order valence-corrected chi connectivity index (χ1v) is 5.07. The van der Waals surface area contributed by atoms with Crippen molar-refractivity contribution in [2.75, 3.05) is 18.6 Å². The van der Waals surface area contributed by atoms with Crippen LogP contribution in [-0.2, 0) is 0 Å². The van der Waals surface area contributed by atoms with Crippen molar-refractivity contribution in [2.45, 2.75) is 13.0 Å². The van der Waals surface area contributed by atoms with E-state index < -0.39 is 5.97 Å². The van der Waals surface area contributed by atoms with Crippen LogP contribution in [0, 0.1) is 0 Å². The maximum atomic E-state index is 10.7. The van der Waals surface area contributed by atoms with Crippen molar-refractivity contribution in [3.63, 3.8) is 0 Å². The second-order valence-corrected chi connectivity index (χ2v) is 3.88. The minimum absolute atomic E-state index is 0.0325. The zero-order valence-corrected chi connectivity index (χ0v) is 9.77. The molecule has 0 aliphatic heterocycles. The maximum Gasteiger partial charge on any atom is 0.337 e. The number of hydrogen-bond acceptors (Lipinski definition) is 4. The smallest absolute Gasteiger partial charge is 0.337 e. The van der Waals surface area contributed by atoms with Crippen LogP contribution in [0.2, 0.25) is 5.02 Å². The molecule has 16 heavy (non-hydrogen) atoms. The van der Waals surface area contributed by atoms with Crippen LogP contribution in [0.1, 0.15) is 17.3 Å². The molecule has 0 radical (unpaired) electrons. The SMILES string of the molecule is CC(CO)N(C)c1ncc(C(=O)O)cc1Cl. The van der Waals surface area contributed by atoms with E-state index in [4.69, 9.17) is 21.8 Å². The monoisotopic (exact) mass is 244 g/mol. The Morgan fingerprint density at radius 3 is 2.75 bits per heavy atom. The number of carboxylic acids is 1. The lowest BCUT2D eigenvalue weighted by Crippen LogP contribution is -2.32. The molecule has 1 rings (SSSR count). The third-order valence-electron chi connectivity index (χ3n) is 2.33. The summed E-state index contributed by atoms with van der Waals surface area (Å²) in [5.74, 6) is -0.618. The number of hydrogen-bond donors (Lipinski definition) is 2. The van der Waals surface area contributed by atoms with Gasteiger partial charge in [0.25, 0.3) is 0 Å². The second kappa shape index (κ2) is 5.14. The molecule has 0 aliphatic rings. The Hall–Kier alpha value is -1.33. The number of nitrogens with zero attached hydrogens (tertiary/aromatic N) is 2. The summed E-state index contributed by atoms with van der Waals surface area (Å²) < 4.78 is 0. The number of carbonyl (C=O) groups is 1. The molecule has 1 atom stereocenters. The molecule has 0 aliphatic carbocycles. The van der Waals surface area contributed by atoms with Gasteiger partial charge in [0, 0.05) is 13.2 Å². The highest BCUT2D eigenvalue weighted by Crippen LogP contribution is 2.24. The first-order chi connectivity index (χ1) is 7.47. The molecule has 0 amide bonds. The predicted octanol–water partition coefficient (Wildman–Crippen LogP) is 1.25. The van der Waals surface area contributed by atoms with Crippen molar-refractivity contribution in [3.8, 4) is 0 Å². The third kappa shape index (κ3) is 2.62. The van der Waals surface area contributed by atoms with Crippen molar-refractivity contribution in [2.24, 2.45) is 0 Å². The van der Waals surface area contributed by atoms with Crippen LogP contribution >= 0.6 is 11.6 Å². The Bertz CT molecular complexity index is 398. The third-order valence-corrected chi connectivity index (χ3v) is 2.61. The number of aromatic carboxylic acids is 1. The van der Waals surface area contributed by atoms with E-state index in [0.717, 1.165) is 0 Å². The quantitative estimate of drug-likeness (QED) is 0.834. The number of anilines is 1. The molecule has 1 aromatic rings. The van der Waals surface area contributed by atoms with Crippen molar-refractivity contribution < 1.29 is 15.0 Å². The summed E-state index contributed by atoms with van der Waals surface area (Å²) in [6, 6.07) is 1.20. The molecular formula is C10H13ClN2O3. The topological polar surface area (TPSA) is 73.7 Å². The van der Waals surface area contributed by atoms with Gasteiger partial charge in [-0.15, -0.1) is 0 Å². The van der Waals surface area contributed by atoms with E-state index in [0.29, 0.717) is 5.82 Å². The van der Waals surface area contributed by atoms with Gasteiger partial charge in [0.05, 0.1) is 23.2 Å². The van der Waals surface area contributed by atoms with Crippen molar-refractivity contribution in [1.82, 2.24) is 4.98 Å². The van der Waals surface area contributed by atoms with E-state index in [1.165, 1.54) is 12.3 Å². The lowest BCUT2D eigenvalue weighted by Gasteiger charge is -2.25. The summed E-state index contributed by atoms with van der Waals surface area (Å²) in [5, 5.41) is 18.0. The van der Waals surface area contributed by atoms with Crippen LogP contribution in [0.5, 0.6) is 0 Å². The van der Waals surface area contributed by atoms with Gasteiger partial charge in [-0.25, -0.2) is 9.78 Å². The lowest BCUT2D eigenvalue weighted by atomic mass is 10.2. The number of halogens is 1. The zero-order valence-electron chi connectivity index (χ0n) is 9.01. The molecule has 0 saturated heterocycles. The molecule has 0 spiro atoms. The van der Waals surface area contributed by atoms with Crippen molar-refractivity contribution in [3.05, 3.63) is 22.8 Å². The maximum absolute atomic E-state index is 10.7. The van der Waals surface area contributed by atoms with Crippen LogP contribution in [0.4, 0.5) is 5.82 Å². The molecule has 5 nitrogen and oxygen atoms in total. The first kappa shape index (κ1) is 12.7. The molecule has 2 N–H and O–H groups in total. The summed E-state index contributed by atoms with van der Waals surface area (Å²) in [4.78, 5) is 16.3. The van der Waals surface area contributed by atoms with Gasteiger partial charge in [-0.1, -0.05) is 11.6 Å². The van der Waals surface area contributed by atoms with Gasteiger partial charge in [-0.05, 0) is 13.0 Å². The Kier molecular flexibility index (Phi) is 4.09. The number of aromatic nitrogens is 1. The predicted molar refractivity (Wildman–Crippen MR) is 61.2 cm³/mol. The Balaban J connectivity index is 3.03. The highest BCUT2D eigenvalue weighted by Gasteiger charge is 2.15. The summed E-state index contributed by atoms with van der Waals surface area (Å²) in [6.45, 7) is 1.78. The van der Waals surface area contributed by atoms with Crippen LogP contribution in [0.3, 0.4) is 0 Å². The highest BCUT2D eigenvalue weighted by atomic mass is 35.5. The fourth-order valence-electron chi connectivity index (χ4n) is 1.14. The number of pyridine rings is 1. The molecule has 0 saturated carbocycles. The fourth-order valence-corrected chi connectivity index (χ4v) is 1.44. The highest BCUT2D eigenvalue weighted by molar-refractivity contribution is 6.33. The zero-order chi connectivity index (χ0) is 12.3. The first-order valence-electron chi connectivity index (χ1n) is 4.70. The molecule has 0 fully saturated rings. The van der Waals surface area contributed by atoms with Crippen LogP contribution in [0.15, 0.2) is 12.3 Å². The van der Waals surface area contributed by atoms with Gasteiger partial charge in [0.2, 0.25) is 0 Å². The van der Waals surface area contributed by atoms with E-state index in [1.54, 1.807) is 11.9 Å². The second-order valence-electron chi connectivity index (χ2n) is 3.48. The van der Waals surface area contributed by atoms with E-state index in [9.17, 15) is 4.79 Å². The fraction of sp³-hybridized carbons (Fsp3) is 0.400. The van der Waals surface area contributed by atoms with Gasteiger partial charge < -0.3 is 15.1 Å². The van der Waals surface area contributed by atoms with Gasteiger partial charge in [-0.3, -0.25) is 0 Å². The van der Waals surface area contributed by atoms with Crippen LogP contribution in [-0.4, -0.2) is 40.9 Å². The van der Waals surface area contributed by atoms with Gasteiger partial charge in [0.1, 0.15) is 5.82 Å². The summed E-state index contributed by atoms with van der Waals surface area (Å²) in [6.07, 6.45) is 1.24. The molecular weight excluding hydrogens is 232 g/mol. The van der Waals surface area contributed by atoms with E-state index in [1.807, 2.05) is 6.92 Å². The average molecular weight is 245 g/mol. The van der Waals surface area contributed by atoms with E-state index >= 15 is 0 Å². The minimum Gasteiger partial charge on any atom is -0.478 e.